The molecule has 1 atom stereocenters. The lowest BCUT2D eigenvalue weighted by Crippen LogP contribution is -2.45. The van der Waals surface area contributed by atoms with Gasteiger partial charge in [0.1, 0.15) is 5.60 Å². The van der Waals surface area contributed by atoms with Gasteiger partial charge in [-0.05, 0) is 32.3 Å². The van der Waals surface area contributed by atoms with Crippen molar-refractivity contribution in [2.45, 2.75) is 51.6 Å². The van der Waals surface area contributed by atoms with Crippen molar-refractivity contribution in [3.05, 3.63) is 53.9 Å². The summed E-state index contributed by atoms with van der Waals surface area (Å²) in [6.07, 6.45) is 5.56. The Bertz CT molecular complexity index is 754. The van der Waals surface area contributed by atoms with E-state index in [9.17, 15) is 5.11 Å². The standard InChI is InChI=1S/C22H35N5O.HI/c1-6-22(7-2,18-12-10-9-11-13-18)17-25-20(23-8-3)24-16-21(4,28)19-14-26-27(5)15-19;/h9-15,28H,6-8,16-17H2,1-5H3,(H2,23,24,25);1H. The third-order valence-corrected chi connectivity index (χ3v) is 5.55. The van der Waals surface area contributed by atoms with Gasteiger partial charge in [-0.2, -0.15) is 5.10 Å². The van der Waals surface area contributed by atoms with E-state index in [2.05, 4.69) is 59.9 Å². The van der Waals surface area contributed by atoms with E-state index in [4.69, 9.17) is 4.99 Å². The summed E-state index contributed by atoms with van der Waals surface area (Å²) in [5.74, 6) is 0.717. The van der Waals surface area contributed by atoms with Crippen LogP contribution >= 0.6 is 24.0 Å². The number of nitrogens with zero attached hydrogens (tertiary/aromatic N) is 3. The average molecular weight is 513 g/mol. The van der Waals surface area contributed by atoms with Gasteiger partial charge in [-0.3, -0.25) is 9.67 Å². The first-order valence-electron chi connectivity index (χ1n) is 10.2. The van der Waals surface area contributed by atoms with Gasteiger partial charge in [0.2, 0.25) is 0 Å². The zero-order valence-corrected chi connectivity index (χ0v) is 20.6. The lowest BCUT2D eigenvalue weighted by atomic mass is 9.76. The number of nitrogens with one attached hydrogen (secondary N) is 2. The maximum absolute atomic E-state index is 10.8. The molecule has 6 nitrogen and oxygen atoms in total. The molecule has 2 aromatic rings. The second-order valence-corrected chi connectivity index (χ2v) is 7.58. The second-order valence-electron chi connectivity index (χ2n) is 7.58. The Labute approximate surface area is 192 Å². The summed E-state index contributed by atoms with van der Waals surface area (Å²) in [7, 11) is 1.84. The fraction of sp³-hybridized carbons (Fsp3) is 0.545. The molecule has 1 heterocycles. The molecule has 1 aromatic heterocycles. The molecule has 162 valence electrons. The van der Waals surface area contributed by atoms with Gasteiger partial charge in [0.25, 0.3) is 0 Å². The molecule has 1 unspecified atom stereocenters. The van der Waals surface area contributed by atoms with Gasteiger partial charge in [0.15, 0.2) is 5.96 Å². The number of aliphatic hydroxyl groups is 1. The van der Waals surface area contributed by atoms with Crippen molar-refractivity contribution < 1.29 is 5.11 Å². The van der Waals surface area contributed by atoms with Crippen LogP contribution in [0.5, 0.6) is 0 Å². The van der Waals surface area contributed by atoms with Crippen LogP contribution in [0.2, 0.25) is 0 Å². The number of halogens is 1. The molecule has 3 N–H and O–H groups in total. The fourth-order valence-corrected chi connectivity index (χ4v) is 3.39. The molecule has 0 fully saturated rings. The Hall–Kier alpha value is -1.61. The zero-order chi connectivity index (χ0) is 20.6. The number of benzene rings is 1. The van der Waals surface area contributed by atoms with Crippen molar-refractivity contribution >= 4 is 29.9 Å². The maximum Gasteiger partial charge on any atom is 0.191 e. The number of hydrogen-bond acceptors (Lipinski definition) is 3. The summed E-state index contributed by atoms with van der Waals surface area (Å²) in [5, 5.41) is 21.6. The van der Waals surface area contributed by atoms with E-state index in [0.717, 1.165) is 24.9 Å². The second kappa shape index (κ2) is 11.5. The van der Waals surface area contributed by atoms with Gasteiger partial charge < -0.3 is 15.7 Å². The topological polar surface area (TPSA) is 74.5 Å². The van der Waals surface area contributed by atoms with Crippen molar-refractivity contribution in [1.29, 1.82) is 0 Å². The highest BCUT2D eigenvalue weighted by Gasteiger charge is 2.29. The fourth-order valence-electron chi connectivity index (χ4n) is 3.39. The van der Waals surface area contributed by atoms with Crippen LogP contribution in [0.15, 0.2) is 47.7 Å². The molecule has 0 amide bonds. The van der Waals surface area contributed by atoms with Gasteiger partial charge in [-0.25, -0.2) is 0 Å². The Morgan fingerprint density at radius 3 is 2.28 bits per heavy atom. The minimum atomic E-state index is -1.03. The Balaban J connectivity index is 0.00000420. The highest BCUT2D eigenvalue weighted by molar-refractivity contribution is 14.0. The first-order chi connectivity index (χ1) is 13.4. The molecule has 0 spiro atoms. The van der Waals surface area contributed by atoms with Gasteiger partial charge >= 0.3 is 0 Å². The number of hydrogen-bond donors (Lipinski definition) is 3. The van der Waals surface area contributed by atoms with Gasteiger partial charge in [-0.1, -0.05) is 44.2 Å². The van der Waals surface area contributed by atoms with E-state index in [-0.39, 0.29) is 29.4 Å². The number of rotatable bonds is 9. The zero-order valence-electron chi connectivity index (χ0n) is 18.3. The summed E-state index contributed by atoms with van der Waals surface area (Å²) in [6, 6.07) is 10.6. The first kappa shape index (κ1) is 25.4. The Morgan fingerprint density at radius 2 is 1.76 bits per heavy atom. The largest absolute Gasteiger partial charge is 0.383 e. The molecular weight excluding hydrogens is 477 g/mol. The highest BCUT2D eigenvalue weighted by atomic mass is 127. The number of guanidine groups is 1. The molecule has 7 heteroatoms. The van der Waals surface area contributed by atoms with E-state index in [0.29, 0.717) is 19.0 Å². The third-order valence-electron chi connectivity index (χ3n) is 5.55. The molecule has 2 rings (SSSR count). The average Bonchev–Trinajstić information content (AvgIpc) is 3.15. The van der Waals surface area contributed by atoms with Crippen LogP contribution < -0.4 is 10.6 Å². The van der Waals surface area contributed by atoms with Crippen LogP contribution in [0, 0.1) is 0 Å². The van der Waals surface area contributed by atoms with Crippen LogP contribution in [-0.4, -0.2) is 40.5 Å². The Kier molecular flexibility index (Phi) is 10.1. The predicted molar refractivity (Wildman–Crippen MR) is 131 cm³/mol. The first-order valence-corrected chi connectivity index (χ1v) is 10.2. The van der Waals surface area contributed by atoms with Crippen LogP contribution in [0.1, 0.15) is 51.7 Å². The minimum absolute atomic E-state index is 0. The number of aryl methyl sites for hydroxylation is 1. The number of aliphatic imine (C=N–C) groups is 1. The highest BCUT2D eigenvalue weighted by Crippen LogP contribution is 2.32. The van der Waals surface area contributed by atoms with Gasteiger partial charge in [0, 0.05) is 30.8 Å². The smallest absolute Gasteiger partial charge is 0.191 e. The summed E-state index contributed by atoms with van der Waals surface area (Å²) in [4.78, 5) is 4.87. The third kappa shape index (κ3) is 6.70. The van der Waals surface area contributed by atoms with Crippen molar-refractivity contribution in [2.75, 3.05) is 19.6 Å². The quantitative estimate of drug-likeness (QED) is 0.273. The SMILES string of the molecule is CCNC(=NCC(CC)(CC)c1ccccc1)NCC(C)(O)c1cnn(C)c1.I. The summed E-state index contributed by atoms with van der Waals surface area (Å²) < 4.78 is 1.69. The molecule has 1 aromatic carbocycles. The monoisotopic (exact) mass is 513 g/mol. The summed E-state index contributed by atoms with van der Waals surface area (Å²) >= 11 is 0. The van der Waals surface area contributed by atoms with Gasteiger partial charge in [-0.15, -0.1) is 24.0 Å². The molecule has 0 saturated carbocycles. The molecular formula is C22H36IN5O. The molecule has 0 radical (unpaired) electrons. The van der Waals surface area contributed by atoms with Gasteiger partial charge in [0.05, 0.1) is 19.3 Å². The number of aromatic nitrogens is 2. The normalized spacial score (nSPS) is 14.1. The molecule has 0 aliphatic heterocycles. The molecule has 0 bridgehead atoms. The minimum Gasteiger partial charge on any atom is -0.383 e. The molecule has 29 heavy (non-hydrogen) atoms. The van der Waals surface area contributed by atoms with E-state index >= 15 is 0 Å². The van der Waals surface area contributed by atoms with Crippen LogP contribution in [0.25, 0.3) is 0 Å². The van der Waals surface area contributed by atoms with E-state index in [1.807, 2.05) is 20.2 Å². The summed E-state index contributed by atoms with van der Waals surface area (Å²) in [5.41, 5.74) is 1.08. The van der Waals surface area contributed by atoms with Crippen LogP contribution in [-0.2, 0) is 18.1 Å². The van der Waals surface area contributed by atoms with E-state index < -0.39 is 5.60 Å². The lowest BCUT2D eigenvalue weighted by Gasteiger charge is -2.31. The van der Waals surface area contributed by atoms with Crippen molar-refractivity contribution in [2.24, 2.45) is 12.0 Å². The van der Waals surface area contributed by atoms with Crippen LogP contribution in [0.4, 0.5) is 0 Å². The predicted octanol–water partition coefficient (Wildman–Crippen LogP) is 3.56. The van der Waals surface area contributed by atoms with Crippen molar-refractivity contribution in [1.82, 2.24) is 20.4 Å². The van der Waals surface area contributed by atoms with Crippen molar-refractivity contribution in [3.63, 3.8) is 0 Å². The lowest BCUT2D eigenvalue weighted by molar-refractivity contribution is 0.0616. The van der Waals surface area contributed by atoms with E-state index in [1.165, 1.54) is 5.56 Å². The maximum atomic E-state index is 10.8. The van der Waals surface area contributed by atoms with E-state index in [1.54, 1.807) is 17.8 Å². The van der Waals surface area contributed by atoms with Crippen molar-refractivity contribution in [3.8, 4) is 0 Å². The Morgan fingerprint density at radius 1 is 1.10 bits per heavy atom. The molecule has 0 saturated heterocycles. The molecule has 0 aliphatic rings. The van der Waals surface area contributed by atoms with Crippen LogP contribution in [0.3, 0.4) is 0 Å². The summed E-state index contributed by atoms with van der Waals surface area (Å²) in [6.45, 7) is 10.1. The molecule has 0 aliphatic carbocycles.